The third-order valence-electron chi connectivity index (χ3n) is 1.55. The van der Waals surface area contributed by atoms with Gasteiger partial charge >= 0.3 is 0 Å². The lowest BCUT2D eigenvalue weighted by Gasteiger charge is -2.00. The smallest absolute Gasteiger partial charge is 0.151 e. The minimum absolute atomic E-state index is 0.340. The topological polar surface area (TPSA) is 34.1 Å². The predicted octanol–water partition coefficient (Wildman–Crippen LogP) is 0.855. The SMILES string of the molecule is CC1CS(=O)(=O)CC1I. The van der Waals surface area contributed by atoms with Crippen molar-refractivity contribution in [3.63, 3.8) is 0 Å². The second-order valence-corrected chi connectivity index (χ2v) is 6.32. The average Bonchev–Trinajstić information content (AvgIpc) is 1.79. The van der Waals surface area contributed by atoms with Crippen LogP contribution < -0.4 is 0 Å². The molecule has 1 saturated heterocycles. The van der Waals surface area contributed by atoms with E-state index in [0.29, 0.717) is 21.3 Å². The first-order valence-electron chi connectivity index (χ1n) is 2.86. The molecule has 2 atom stereocenters. The molecule has 9 heavy (non-hydrogen) atoms. The maximum atomic E-state index is 10.8. The molecule has 0 aromatic heterocycles. The van der Waals surface area contributed by atoms with E-state index >= 15 is 0 Å². The van der Waals surface area contributed by atoms with Gasteiger partial charge in [0.15, 0.2) is 9.84 Å². The van der Waals surface area contributed by atoms with E-state index < -0.39 is 9.84 Å². The molecule has 0 spiro atoms. The molecule has 0 saturated carbocycles. The van der Waals surface area contributed by atoms with Gasteiger partial charge in [-0.1, -0.05) is 29.5 Å². The Bertz CT molecular complexity index is 181. The Morgan fingerprint density at radius 3 is 2.11 bits per heavy atom. The van der Waals surface area contributed by atoms with Gasteiger partial charge in [0.05, 0.1) is 11.5 Å². The molecule has 2 nitrogen and oxygen atoms in total. The Morgan fingerprint density at radius 1 is 1.44 bits per heavy atom. The molecule has 1 aliphatic heterocycles. The molecule has 0 aliphatic carbocycles. The molecule has 0 N–H and O–H groups in total. The highest BCUT2D eigenvalue weighted by Gasteiger charge is 2.32. The molecule has 1 heterocycles. The van der Waals surface area contributed by atoms with Crippen molar-refractivity contribution in [3.05, 3.63) is 0 Å². The minimum atomic E-state index is -2.65. The van der Waals surface area contributed by atoms with E-state index in [1.165, 1.54) is 0 Å². The summed E-state index contributed by atoms with van der Waals surface area (Å²) in [6.45, 7) is 1.99. The van der Waals surface area contributed by atoms with Gasteiger partial charge in [-0.05, 0) is 5.92 Å². The molecule has 1 fully saturated rings. The van der Waals surface area contributed by atoms with Crippen LogP contribution in [0.3, 0.4) is 0 Å². The van der Waals surface area contributed by atoms with Crippen molar-refractivity contribution in [1.82, 2.24) is 0 Å². The van der Waals surface area contributed by atoms with Crippen molar-refractivity contribution in [3.8, 4) is 0 Å². The van der Waals surface area contributed by atoms with Gasteiger partial charge in [-0.2, -0.15) is 0 Å². The standard InChI is InChI=1S/C5H9IO2S/c1-4-2-9(7,8)3-5(4)6/h4-5H,2-3H2,1H3. The number of hydrogen-bond acceptors (Lipinski definition) is 2. The van der Waals surface area contributed by atoms with Gasteiger partial charge in [0, 0.05) is 3.92 Å². The Balaban J connectivity index is 2.77. The predicted molar refractivity (Wildman–Crippen MR) is 45.6 cm³/mol. The first-order chi connectivity index (χ1) is 4.01. The fourth-order valence-corrected chi connectivity index (χ4v) is 5.21. The highest BCUT2D eigenvalue weighted by Crippen LogP contribution is 2.24. The zero-order valence-electron chi connectivity index (χ0n) is 5.17. The molecule has 4 heteroatoms. The zero-order valence-corrected chi connectivity index (χ0v) is 8.15. The normalized spacial score (nSPS) is 41.1. The van der Waals surface area contributed by atoms with Crippen LogP contribution >= 0.6 is 22.6 Å². The summed E-state index contributed by atoms with van der Waals surface area (Å²) in [4.78, 5) is 0. The number of alkyl halides is 1. The second-order valence-electron chi connectivity index (χ2n) is 2.57. The molecule has 0 aromatic rings. The van der Waals surface area contributed by atoms with Crippen LogP contribution in [0, 0.1) is 5.92 Å². The lowest BCUT2D eigenvalue weighted by atomic mass is 10.2. The maximum absolute atomic E-state index is 10.8. The molecule has 1 rings (SSSR count). The highest BCUT2D eigenvalue weighted by atomic mass is 127. The van der Waals surface area contributed by atoms with Crippen LogP contribution in [0.25, 0.3) is 0 Å². The van der Waals surface area contributed by atoms with Gasteiger partial charge in [-0.25, -0.2) is 8.42 Å². The maximum Gasteiger partial charge on any atom is 0.151 e. The molecule has 2 unspecified atom stereocenters. The van der Waals surface area contributed by atoms with E-state index in [1.54, 1.807) is 0 Å². The minimum Gasteiger partial charge on any atom is -0.229 e. The molecule has 54 valence electrons. The van der Waals surface area contributed by atoms with Crippen LogP contribution in [0.5, 0.6) is 0 Å². The molecule has 1 aliphatic rings. The van der Waals surface area contributed by atoms with E-state index in [4.69, 9.17) is 0 Å². The largest absolute Gasteiger partial charge is 0.229 e. The monoisotopic (exact) mass is 260 g/mol. The van der Waals surface area contributed by atoms with E-state index in [9.17, 15) is 8.42 Å². The third kappa shape index (κ3) is 1.80. The van der Waals surface area contributed by atoms with Gasteiger partial charge in [0.1, 0.15) is 0 Å². The van der Waals surface area contributed by atoms with Gasteiger partial charge < -0.3 is 0 Å². The first-order valence-corrected chi connectivity index (χ1v) is 5.92. The van der Waals surface area contributed by atoms with Gasteiger partial charge in [-0.15, -0.1) is 0 Å². The van der Waals surface area contributed by atoms with Crippen LogP contribution in [0.4, 0.5) is 0 Å². The number of rotatable bonds is 0. The molecular weight excluding hydrogens is 251 g/mol. The number of hydrogen-bond donors (Lipinski definition) is 0. The van der Waals surface area contributed by atoms with E-state index in [0.717, 1.165) is 0 Å². The van der Waals surface area contributed by atoms with E-state index in [-0.39, 0.29) is 0 Å². The Labute approximate surface area is 69.1 Å². The van der Waals surface area contributed by atoms with Crippen LogP contribution in [0.1, 0.15) is 6.92 Å². The van der Waals surface area contributed by atoms with Gasteiger partial charge in [0.25, 0.3) is 0 Å². The van der Waals surface area contributed by atoms with Crippen LogP contribution in [-0.4, -0.2) is 23.8 Å². The Kier molecular flexibility index (Phi) is 2.05. The zero-order chi connectivity index (χ0) is 7.07. The van der Waals surface area contributed by atoms with E-state index in [1.807, 2.05) is 6.92 Å². The van der Waals surface area contributed by atoms with Crippen molar-refractivity contribution in [2.75, 3.05) is 11.5 Å². The summed E-state index contributed by atoms with van der Waals surface area (Å²) in [6, 6.07) is 0. The van der Waals surface area contributed by atoms with Crippen LogP contribution in [0.15, 0.2) is 0 Å². The second kappa shape index (κ2) is 2.38. The van der Waals surface area contributed by atoms with Crippen molar-refractivity contribution < 1.29 is 8.42 Å². The lowest BCUT2D eigenvalue weighted by Crippen LogP contribution is -2.05. The van der Waals surface area contributed by atoms with Crippen molar-refractivity contribution in [2.45, 2.75) is 10.8 Å². The van der Waals surface area contributed by atoms with Crippen LogP contribution in [0.2, 0.25) is 0 Å². The third-order valence-corrected chi connectivity index (χ3v) is 5.71. The molecule has 0 aromatic carbocycles. The van der Waals surface area contributed by atoms with E-state index in [2.05, 4.69) is 22.6 Å². The Morgan fingerprint density at radius 2 is 2.00 bits per heavy atom. The molecular formula is C5H9IO2S. The molecule has 0 amide bonds. The van der Waals surface area contributed by atoms with Gasteiger partial charge in [-0.3, -0.25) is 0 Å². The summed E-state index contributed by atoms with van der Waals surface area (Å²) in [5.41, 5.74) is 0. The van der Waals surface area contributed by atoms with Crippen molar-refractivity contribution in [2.24, 2.45) is 5.92 Å². The van der Waals surface area contributed by atoms with Gasteiger partial charge in [0.2, 0.25) is 0 Å². The molecule has 0 radical (unpaired) electrons. The highest BCUT2D eigenvalue weighted by molar-refractivity contribution is 14.1. The average molecular weight is 260 g/mol. The lowest BCUT2D eigenvalue weighted by molar-refractivity contribution is 0.599. The van der Waals surface area contributed by atoms with Crippen molar-refractivity contribution in [1.29, 1.82) is 0 Å². The Hall–Kier alpha value is 0.680. The summed E-state index contributed by atoms with van der Waals surface area (Å²) in [6.07, 6.45) is 0. The first kappa shape index (κ1) is 7.78. The summed E-state index contributed by atoms with van der Waals surface area (Å²) in [5.74, 6) is 1.13. The summed E-state index contributed by atoms with van der Waals surface area (Å²) < 4.78 is 22.0. The fraction of sp³-hybridized carbons (Fsp3) is 1.00. The summed E-state index contributed by atoms with van der Waals surface area (Å²) in [7, 11) is -2.65. The molecule has 0 bridgehead atoms. The summed E-state index contributed by atoms with van der Waals surface area (Å²) in [5, 5.41) is 0. The number of halogens is 1. The fourth-order valence-electron chi connectivity index (χ4n) is 0.980. The van der Waals surface area contributed by atoms with Crippen molar-refractivity contribution >= 4 is 32.4 Å². The van der Waals surface area contributed by atoms with Crippen LogP contribution in [-0.2, 0) is 9.84 Å². The number of sulfone groups is 1. The quantitative estimate of drug-likeness (QED) is 0.478. The summed E-state index contributed by atoms with van der Waals surface area (Å²) >= 11 is 2.20.